The lowest BCUT2D eigenvalue weighted by atomic mass is 10.1. The van der Waals surface area contributed by atoms with Crippen molar-refractivity contribution in [3.05, 3.63) is 52.0 Å². The summed E-state index contributed by atoms with van der Waals surface area (Å²) in [5.41, 5.74) is 6.41. The molecule has 0 bridgehead atoms. The average Bonchev–Trinajstić information content (AvgIpc) is 2.52. The first-order chi connectivity index (χ1) is 10.9. The van der Waals surface area contributed by atoms with Crippen LogP contribution in [-0.2, 0) is 0 Å². The molecule has 122 valence electrons. The first-order valence-corrected chi connectivity index (χ1v) is 8.17. The standard InChI is InChI=1S/C19H24ClN3/c1-6-23(5)12-21-17-10-15(4)18(11-14(17)3)22-19-9-13(2)7-8-16(19)20/h7-12,22H,6H2,1-5H3/b21-12-. The van der Waals surface area contributed by atoms with E-state index in [0.29, 0.717) is 0 Å². The molecule has 0 spiro atoms. The van der Waals surface area contributed by atoms with Crippen molar-refractivity contribution in [2.45, 2.75) is 27.7 Å². The molecule has 0 atom stereocenters. The highest BCUT2D eigenvalue weighted by molar-refractivity contribution is 6.33. The molecule has 2 rings (SSSR count). The highest BCUT2D eigenvalue weighted by Crippen LogP contribution is 2.31. The second-order valence-electron chi connectivity index (χ2n) is 5.88. The number of nitrogens with zero attached hydrogens (tertiary/aromatic N) is 2. The molecule has 3 nitrogen and oxygen atoms in total. The van der Waals surface area contributed by atoms with Gasteiger partial charge in [0.25, 0.3) is 0 Å². The Balaban J connectivity index is 2.29. The lowest BCUT2D eigenvalue weighted by Crippen LogP contribution is -2.14. The van der Waals surface area contributed by atoms with E-state index in [2.05, 4.69) is 56.2 Å². The molecule has 0 radical (unpaired) electrons. The normalized spacial score (nSPS) is 11.0. The number of aryl methyl sites for hydroxylation is 3. The van der Waals surface area contributed by atoms with Crippen LogP contribution in [0.5, 0.6) is 0 Å². The van der Waals surface area contributed by atoms with Crippen molar-refractivity contribution in [1.82, 2.24) is 4.90 Å². The lowest BCUT2D eigenvalue weighted by molar-refractivity contribution is 0.552. The third-order valence-electron chi connectivity index (χ3n) is 3.83. The van der Waals surface area contributed by atoms with Gasteiger partial charge in [-0.2, -0.15) is 0 Å². The van der Waals surface area contributed by atoms with Crippen LogP contribution in [0, 0.1) is 20.8 Å². The number of aliphatic imine (C=N–C) groups is 1. The van der Waals surface area contributed by atoms with Gasteiger partial charge in [-0.15, -0.1) is 0 Å². The van der Waals surface area contributed by atoms with Gasteiger partial charge in [0.2, 0.25) is 0 Å². The second-order valence-corrected chi connectivity index (χ2v) is 6.29. The van der Waals surface area contributed by atoms with Gasteiger partial charge in [0, 0.05) is 19.3 Å². The fraction of sp³-hybridized carbons (Fsp3) is 0.316. The van der Waals surface area contributed by atoms with Crippen LogP contribution in [0.2, 0.25) is 5.02 Å². The molecule has 4 heteroatoms. The van der Waals surface area contributed by atoms with Gasteiger partial charge in [0.1, 0.15) is 0 Å². The Kier molecular flexibility index (Phi) is 5.67. The van der Waals surface area contributed by atoms with Crippen LogP contribution in [-0.4, -0.2) is 24.8 Å². The molecule has 0 amide bonds. The Hall–Kier alpha value is -2.00. The van der Waals surface area contributed by atoms with E-state index in [1.807, 2.05) is 30.4 Å². The average molecular weight is 330 g/mol. The van der Waals surface area contributed by atoms with Gasteiger partial charge in [-0.05, 0) is 68.7 Å². The molecule has 0 aromatic heterocycles. The van der Waals surface area contributed by atoms with E-state index in [4.69, 9.17) is 11.6 Å². The van der Waals surface area contributed by atoms with E-state index in [-0.39, 0.29) is 0 Å². The molecule has 0 unspecified atom stereocenters. The summed E-state index contributed by atoms with van der Waals surface area (Å²) in [4.78, 5) is 6.61. The van der Waals surface area contributed by atoms with Gasteiger partial charge in [-0.25, -0.2) is 4.99 Å². The number of hydrogen-bond acceptors (Lipinski definition) is 2. The van der Waals surface area contributed by atoms with Gasteiger partial charge in [-0.1, -0.05) is 17.7 Å². The fourth-order valence-electron chi connectivity index (χ4n) is 2.20. The molecule has 23 heavy (non-hydrogen) atoms. The minimum Gasteiger partial charge on any atom is -0.366 e. The van der Waals surface area contributed by atoms with E-state index in [1.165, 1.54) is 5.56 Å². The van der Waals surface area contributed by atoms with Crippen LogP contribution in [0.3, 0.4) is 0 Å². The third-order valence-corrected chi connectivity index (χ3v) is 4.16. The van der Waals surface area contributed by atoms with E-state index in [0.717, 1.165) is 39.8 Å². The molecule has 0 fully saturated rings. The number of rotatable bonds is 5. The molecular formula is C19H24ClN3. The number of halogens is 1. The van der Waals surface area contributed by atoms with E-state index >= 15 is 0 Å². The molecular weight excluding hydrogens is 306 g/mol. The summed E-state index contributed by atoms with van der Waals surface area (Å²) in [6.45, 7) is 9.24. The highest BCUT2D eigenvalue weighted by Gasteiger charge is 2.07. The SMILES string of the molecule is CCN(C)/C=N\c1cc(C)c(Nc2cc(C)ccc2Cl)cc1C. The van der Waals surface area contributed by atoms with Crippen LogP contribution in [0.1, 0.15) is 23.6 Å². The monoisotopic (exact) mass is 329 g/mol. The van der Waals surface area contributed by atoms with Gasteiger partial charge in [-0.3, -0.25) is 0 Å². The minimum atomic E-state index is 0.722. The van der Waals surface area contributed by atoms with Crippen LogP contribution in [0.25, 0.3) is 0 Å². The van der Waals surface area contributed by atoms with Crippen LogP contribution < -0.4 is 5.32 Å². The summed E-state index contributed by atoms with van der Waals surface area (Å²) in [5, 5.41) is 4.15. The van der Waals surface area contributed by atoms with Crippen LogP contribution in [0.4, 0.5) is 17.1 Å². The van der Waals surface area contributed by atoms with E-state index in [1.54, 1.807) is 0 Å². The third kappa shape index (κ3) is 4.49. The molecule has 0 saturated heterocycles. The van der Waals surface area contributed by atoms with Crippen molar-refractivity contribution in [1.29, 1.82) is 0 Å². The zero-order valence-corrected chi connectivity index (χ0v) is 15.2. The predicted octanol–water partition coefficient (Wildman–Crippen LogP) is 5.62. The van der Waals surface area contributed by atoms with Crippen molar-refractivity contribution < 1.29 is 0 Å². The fourth-order valence-corrected chi connectivity index (χ4v) is 2.36. The van der Waals surface area contributed by atoms with Crippen molar-refractivity contribution >= 4 is 35.0 Å². The molecule has 2 aromatic carbocycles. The van der Waals surface area contributed by atoms with Gasteiger partial charge in [0.05, 0.1) is 22.7 Å². The van der Waals surface area contributed by atoms with E-state index < -0.39 is 0 Å². The van der Waals surface area contributed by atoms with Gasteiger partial charge in [0.15, 0.2) is 0 Å². The summed E-state index contributed by atoms with van der Waals surface area (Å²) < 4.78 is 0. The first kappa shape index (κ1) is 17.4. The predicted molar refractivity (Wildman–Crippen MR) is 102 cm³/mol. The zero-order chi connectivity index (χ0) is 17.0. The number of anilines is 2. The molecule has 0 aliphatic rings. The maximum atomic E-state index is 6.28. The quantitative estimate of drug-likeness (QED) is 0.569. The highest BCUT2D eigenvalue weighted by atomic mass is 35.5. The number of nitrogens with one attached hydrogen (secondary N) is 1. The van der Waals surface area contributed by atoms with Gasteiger partial charge < -0.3 is 10.2 Å². The Labute approximate surface area is 144 Å². The Morgan fingerprint density at radius 1 is 1.09 bits per heavy atom. The summed E-state index contributed by atoms with van der Waals surface area (Å²) in [7, 11) is 2.02. The minimum absolute atomic E-state index is 0.722. The van der Waals surface area contributed by atoms with Crippen molar-refractivity contribution in [2.75, 3.05) is 18.9 Å². The Bertz CT molecular complexity index is 723. The summed E-state index contributed by atoms with van der Waals surface area (Å²) in [6, 6.07) is 10.2. The summed E-state index contributed by atoms with van der Waals surface area (Å²) in [5.74, 6) is 0. The number of hydrogen-bond donors (Lipinski definition) is 1. The van der Waals surface area contributed by atoms with Crippen molar-refractivity contribution in [2.24, 2.45) is 4.99 Å². The molecule has 0 aliphatic carbocycles. The van der Waals surface area contributed by atoms with Gasteiger partial charge >= 0.3 is 0 Å². The maximum absolute atomic E-state index is 6.28. The van der Waals surface area contributed by atoms with E-state index in [9.17, 15) is 0 Å². The Morgan fingerprint density at radius 3 is 2.52 bits per heavy atom. The van der Waals surface area contributed by atoms with Crippen molar-refractivity contribution in [3.8, 4) is 0 Å². The van der Waals surface area contributed by atoms with Crippen LogP contribution in [0.15, 0.2) is 35.3 Å². The van der Waals surface area contributed by atoms with Crippen LogP contribution >= 0.6 is 11.6 Å². The molecule has 1 N–H and O–H groups in total. The number of benzene rings is 2. The molecule has 0 saturated carbocycles. The zero-order valence-electron chi connectivity index (χ0n) is 14.4. The second kappa shape index (κ2) is 7.51. The summed E-state index contributed by atoms with van der Waals surface area (Å²) >= 11 is 6.28. The molecule has 2 aromatic rings. The molecule has 0 aliphatic heterocycles. The first-order valence-electron chi connectivity index (χ1n) is 7.79. The van der Waals surface area contributed by atoms with Crippen molar-refractivity contribution in [3.63, 3.8) is 0 Å². The topological polar surface area (TPSA) is 27.6 Å². The maximum Gasteiger partial charge on any atom is 0.0909 e. The Morgan fingerprint density at radius 2 is 1.83 bits per heavy atom. The lowest BCUT2D eigenvalue weighted by Gasteiger charge is -2.14. The summed E-state index contributed by atoms with van der Waals surface area (Å²) in [6.07, 6.45) is 1.87. The molecule has 0 heterocycles. The smallest absolute Gasteiger partial charge is 0.0909 e. The largest absolute Gasteiger partial charge is 0.366 e.